The summed E-state index contributed by atoms with van der Waals surface area (Å²) in [5.41, 5.74) is 13.1. The minimum Gasteiger partial charge on any atom is -0.310 e. The van der Waals surface area contributed by atoms with Crippen LogP contribution in [0, 0.1) is 5.82 Å². The van der Waals surface area contributed by atoms with E-state index in [1.165, 1.54) is 55.6 Å². The van der Waals surface area contributed by atoms with Gasteiger partial charge in [0.25, 0.3) is 0 Å². The van der Waals surface area contributed by atoms with Crippen LogP contribution in [0.25, 0.3) is 33.9 Å². The van der Waals surface area contributed by atoms with E-state index in [-0.39, 0.29) is 11.2 Å². The molecule has 0 N–H and O–H groups in total. The molecule has 0 spiro atoms. The van der Waals surface area contributed by atoms with Crippen LogP contribution < -0.4 is 4.90 Å². The van der Waals surface area contributed by atoms with E-state index >= 15 is 0 Å². The number of aromatic nitrogens is 2. The van der Waals surface area contributed by atoms with Gasteiger partial charge < -0.3 is 4.90 Å². The third-order valence-corrected chi connectivity index (χ3v) is 11.1. The molecule has 7 aromatic rings. The van der Waals surface area contributed by atoms with Crippen LogP contribution in [-0.2, 0) is 11.8 Å². The monoisotopic (exact) mass is 653 g/mol. The van der Waals surface area contributed by atoms with Gasteiger partial charge in [-0.05, 0) is 95.9 Å². The van der Waals surface area contributed by atoms with Gasteiger partial charge in [0.1, 0.15) is 5.82 Å². The summed E-state index contributed by atoms with van der Waals surface area (Å²) in [7, 11) is 0. The number of halogens is 1. The van der Waals surface area contributed by atoms with Crippen LogP contribution in [0.15, 0.2) is 155 Å². The summed E-state index contributed by atoms with van der Waals surface area (Å²) >= 11 is 1.91. The largest absolute Gasteiger partial charge is 0.310 e. The Balaban J connectivity index is 1.16. The molecule has 49 heavy (non-hydrogen) atoms. The lowest BCUT2D eigenvalue weighted by molar-refractivity contribution is 0.615. The van der Waals surface area contributed by atoms with Gasteiger partial charge in [0.15, 0.2) is 5.82 Å². The lowest BCUT2D eigenvalue weighted by atomic mass is 9.72. The average Bonchev–Trinajstić information content (AvgIpc) is 3.14. The number of benzene rings is 6. The van der Waals surface area contributed by atoms with Crippen molar-refractivity contribution in [2.24, 2.45) is 0 Å². The molecule has 0 saturated heterocycles. The number of para-hydroxylation sites is 1. The Morgan fingerprint density at radius 3 is 2.04 bits per heavy atom. The molecule has 5 heteroatoms. The predicted molar refractivity (Wildman–Crippen MR) is 198 cm³/mol. The third-order valence-electron chi connectivity index (χ3n) is 9.79. The van der Waals surface area contributed by atoms with E-state index in [1.54, 1.807) is 12.1 Å². The second-order valence-electron chi connectivity index (χ2n) is 13.2. The number of anilines is 3. The van der Waals surface area contributed by atoms with Crippen molar-refractivity contribution in [1.82, 2.24) is 9.97 Å². The average molecular weight is 654 g/mol. The van der Waals surface area contributed by atoms with E-state index in [9.17, 15) is 4.39 Å². The zero-order valence-corrected chi connectivity index (χ0v) is 28.0. The molecule has 0 radical (unpaired) electrons. The molecule has 0 saturated carbocycles. The smallest absolute Gasteiger partial charge is 0.160 e. The summed E-state index contributed by atoms with van der Waals surface area (Å²) in [6.45, 7) is 4.73. The zero-order valence-electron chi connectivity index (χ0n) is 27.2. The first-order valence-electron chi connectivity index (χ1n) is 16.6. The van der Waals surface area contributed by atoms with Gasteiger partial charge in [0, 0.05) is 43.1 Å². The van der Waals surface area contributed by atoms with Crippen molar-refractivity contribution in [1.29, 1.82) is 0 Å². The number of hydrogen-bond acceptors (Lipinski definition) is 4. The van der Waals surface area contributed by atoms with Crippen LogP contribution in [0.2, 0.25) is 0 Å². The third kappa shape index (κ3) is 5.04. The second-order valence-corrected chi connectivity index (χ2v) is 14.2. The Bertz CT molecular complexity index is 2370. The first kappa shape index (κ1) is 29.6. The molecule has 1 aromatic heterocycles. The molecule has 236 valence electrons. The van der Waals surface area contributed by atoms with Crippen LogP contribution in [0.3, 0.4) is 0 Å². The van der Waals surface area contributed by atoms with Crippen LogP contribution in [0.5, 0.6) is 0 Å². The quantitative estimate of drug-likeness (QED) is 0.189. The molecule has 2 aliphatic rings. The molecule has 0 aliphatic carbocycles. The highest BCUT2D eigenvalue weighted by molar-refractivity contribution is 7.99. The van der Waals surface area contributed by atoms with E-state index in [0.717, 1.165) is 40.2 Å². The van der Waals surface area contributed by atoms with Gasteiger partial charge in [-0.3, -0.25) is 0 Å². The number of fused-ring (bicyclic) bond motifs is 5. The Morgan fingerprint density at radius 1 is 0.612 bits per heavy atom. The van der Waals surface area contributed by atoms with Crippen LogP contribution in [0.4, 0.5) is 21.5 Å². The van der Waals surface area contributed by atoms with Gasteiger partial charge in [-0.2, -0.15) is 0 Å². The predicted octanol–water partition coefficient (Wildman–Crippen LogP) is 11.8. The van der Waals surface area contributed by atoms with Gasteiger partial charge in [-0.1, -0.05) is 98.4 Å². The van der Waals surface area contributed by atoms with Gasteiger partial charge in [-0.15, -0.1) is 0 Å². The molecule has 0 atom stereocenters. The van der Waals surface area contributed by atoms with Crippen molar-refractivity contribution in [2.45, 2.75) is 35.5 Å². The molecule has 9 rings (SSSR count). The minimum atomic E-state index is -0.273. The zero-order chi connectivity index (χ0) is 33.1. The summed E-state index contributed by atoms with van der Waals surface area (Å²) in [4.78, 5) is 15.1. The number of hydrogen-bond donors (Lipinski definition) is 0. The highest BCUT2D eigenvalue weighted by Crippen LogP contribution is 2.57. The summed E-state index contributed by atoms with van der Waals surface area (Å²) in [6.07, 6.45) is 0.945. The van der Waals surface area contributed by atoms with E-state index in [1.807, 2.05) is 48.2 Å². The standard InChI is InChI=1S/C44H32FN3S/c1-44(2)35-13-7-8-14-38(35)48(39-25-20-32-26-31-12-6-9-15-40(31)49-42(32)41(39)44)34-23-18-30(19-24-34)43-46-36(28-10-4-3-5-11-28)27-37(47-43)29-16-21-33(45)22-17-29/h3-25,27H,26H2,1-2H3. The summed E-state index contributed by atoms with van der Waals surface area (Å²) in [5.74, 6) is 0.349. The minimum absolute atomic E-state index is 0.185. The fraction of sp³-hybridized carbons (Fsp3) is 0.0909. The van der Waals surface area contributed by atoms with E-state index in [4.69, 9.17) is 9.97 Å². The molecule has 0 unspecified atom stereocenters. The fourth-order valence-corrected chi connectivity index (χ4v) is 8.70. The number of rotatable bonds is 4. The molecule has 0 amide bonds. The van der Waals surface area contributed by atoms with Crippen molar-refractivity contribution in [3.63, 3.8) is 0 Å². The van der Waals surface area contributed by atoms with Gasteiger partial charge in [0.2, 0.25) is 0 Å². The maximum Gasteiger partial charge on any atom is 0.160 e. The Kier molecular flexibility index (Phi) is 6.99. The molecular weight excluding hydrogens is 622 g/mol. The molecule has 2 aliphatic heterocycles. The van der Waals surface area contributed by atoms with Gasteiger partial charge in [0.05, 0.1) is 22.8 Å². The van der Waals surface area contributed by atoms with E-state index < -0.39 is 0 Å². The van der Waals surface area contributed by atoms with E-state index in [0.29, 0.717) is 5.82 Å². The van der Waals surface area contributed by atoms with Gasteiger partial charge >= 0.3 is 0 Å². The van der Waals surface area contributed by atoms with Crippen LogP contribution in [-0.4, -0.2) is 9.97 Å². The molecule has 6 aromatic carbocycles. The fourth-order valence-electron chi connectivity index (χ4n) is 7.33. The first-order chi connectivity index (χ1) is 23.9. The van der Waals surface area contributed by atoms with Crippen molar-refractivity contribution in [3.05, 3.63) is 174 Å². The van der Waals surface area contributed by atoms with E-state index in [2.05, 4.69) is 104 Å². The lowest BCUT2D eigenvalue weighted by Crippen LogP contribution is -2.32. The molecule has 3 heterocycles. The maximum absolute atomic E-state index is 13.8. The molecule has 0 bridgehead atoms. The Labute approximate surface area is 290 Å². The van der Waals surface area contributed by atoms with Crippen LogP contribution >= 0.6 is 11.8 Å². The highest BCUT2D eigenvalue weighted by atomic mass is 32.2. The molecule has 0 fully saturated rings. The lowest BCUT2D eigenvalue weighted by Gasteiger charge is -2.44. The topological polar surface area (TPSA) is 29.0 Å². The van der Waals surface area contributed by atoms with Gasteiger partial charge in [-0.25, -0.2) is 14.4 Å². The first-order valence-corrected chi connectivity index (χ1v) is 17.4. The van der Waals surface area contributed by atoms with Crippen LogP contribution in [0.1, 0.15) is 36.1 Å². The van der Waals surface area contributed by atoms with Crippen molar-refractivity contribution in [3.8, 4) is 33.9 Å². The number of nitrogens with zero attached hydrogens (tertiary/aromatic N) is 3. The summed E-state index contributed by atoms with van der Waals surface area (Å²) < 4.78 is 13.8. The van der Waals surface area contributed by atoms with Crippen molar-refractivity contribution >= 4 is 28.8 Å². The van der Waals surface area contributed by atoms with Crippen molar-refractivity contribution < 1.29 is 4.39 Å². The SMILES string of the molecule is CC1(C)c2ccccc2N(c2ccc(-c3nc(-c4ccccc4)cc(-c4ccc(F)cc4)n3)cc2)c2ccc3c(c21)Sc1ccccc1C3. The molecule has 3 nitrogen and oxygen atoms in total. The highest BCUT2D eigenvalue weighted by Gasteiger charge is 2.40. The second kappa shape index (κ2) is 11.6. The Hall–Kier alpha value is -5.52. The molecular formula is C44H32FN3S. The van der Waals surface area contributed by atoms with Crippen molar-refractivity contribution in [2.75, 3.05) is 4.90 Å². The Morgan fingerprint density at radius 2 is 1.27 bits per heavy atom. The maximum atomic E-state index is 13.8. The summed E-state index contributed by atoms with van der Waals surface area (Å²) in [6, 6.07) is 49.3. The summed E-state index contributed by atoms with van der Waals surface area (Å²) in [5, 5.41) is 0. The normalized spacial score (nSPS) is 14.0.